The van der Waals surface area contributed by atoms with Crippen molar-refractivity contribution in [2.24, 2.45) is 35.5 Å². The summed E-state index contributed by atoms with van der Waals surface area (Å²) in [4.78, 5) is 12.6. The lowest BCUT2D eigenvalue weighted by atomic mass is 9.69. The molecule has 278 valence electrons. The largest absolute Gasteiger partial charge is 0.301 e. The third-order valence-electron chi connectivity index (χ3n) is 16.8. The van der Waals surface area contributed by atoms with Gasteiger partial charge < -0.3 is 5.32 Å². The summed E-state index contributed by atoms with van der Waals surface area (Å²) in [5, 5.41) is 8.08. The van der Waals surface area contributed by atoms with Crippen LogP contribution in [0.2, 0.25) is 0 Å². The first-order valence-electron chi connectivity index (χ1n) is 22.8. The fourth-order valence-corrected chi connectivity index (χ4v) is 14.4. The van der Waals surface area contributed by atoms with Gasteiger partial charge in [-0.2, -0.15) is 5.48 Å². The van der Waals surface area contributed by atoms with Gasteiger partial charge >= 0.3 is 0 Å². The Balaban J connectivity index is 0.796. The number of hydrogen-bond donors (Lipinski definition) is 3. The number of rotatable bonds is 7. The SMILES string of the molecule is C1CCC(C2NOC(C3CCC(C4CCC(N5C6CCC(N(C7CCCCC7)C7CCCCC7)CC6C6CCCNC65)CC4)CC3)N2)CC1. The summed E-state index contributed by atoms with van der Waals surface area (Å²) in [5.74, 6) is 5.26. The van der Waals surface area contributed by atoms with Crippen molar-refractivity contribution in [3.05, 3.63) is 0 Å². The zero-order chi connectivity index (χ0) is 32.6. The van der Waals surface area contributed by atoms with E-state index >= 15 is 0 Å². The molecule has 0 aromatic carbocycles. The van der Waals surface area contributed by atoms with Gasteiger partial charge in [-0.3, -0.25) is 20.0 Å². The normalized spacial score (nSPS) is 45.4. The van der Waals surface area contributed by atoms with E-state index in [1.54, 1.807) is 0 Å². The number of nitrogens with one attached hydrogen (secondary N) is 3. The highest BCUT2D eigenvalue weighted by Gasteiger charge is 2.55. The fraction of sp³-hybridized carbons (Fsp3) is 1.00. The van der Waals surface area contributed by atoms with Crippen LogP contribution in [0.15, 0.2) is 0 Å². The second-order valence-corrected chi connectivity index (χ2v) is 19.3. The van der Waals surface area contributed by atoms with Gasteiger partial charge in [-0.15, -0.1) is 0 Å². The molecule has 6 aliphatic carbocycles. The zero-order valence-electron chi connectivity index (χ0n) is 31.4. The molecule has 6 heteroatoms. The van der Waals surface area contributed by atoms with Gasteiger partial charge in [-0.1, -0.05) is 57.8 Å². The summed E-state index contributed by atoms with van der Waals surface area (Å²) in [6, 6.07) is 4.37. The second-order valence-electron chi connectivity index (χ2n) is 19.3. The first-order valence-corrected chi connectivity index (χ1v) is 22.8. The maximum atomic E-state index is 6.20. The minimum absolute atomic E-state index is 0.246. The van der Waals surface area contributed by atoms with Crippen molar-refractivity contribution in [2.75, 3.05) is 6.54 Å². The van der Waals surface area contributed by atoms with Crippen LogP contribution in [-0.4, -0.2) is 65.1 Å². The highest BCUT2D eigenvalue weighted by atomic mass is 16.7. The topological polar surface area (TPSA) is 51.8 Å². The van der Waals surface area contributed by atoms with Crippen LogP contribution in [0.5, 0.6) is 0 Å². The quantitative estimate of drug-likeness (QED) is 0.250. The highest BCUT2D eigenvalue weighted by molar-refractivity contribution is 5.07. The summed E-state index contributed by atoms with van der Waals surface area (Å²) < 4.78 is 0. The Hall–Kier alpha value is -0.240. The van der Waals surface area contributed by atoms with E-state index in [4.69, 9.17) is 4.84 Å². The molecule has 49 heavy (non-hydrogen) atoms. The molecular weight excluding hydrogens is 603 g/mol. The van der Waals surface area contributed by atoms with E-state index in [1.807, 2.05) is 0 Å². The van der Waals surface area contributed by atoms with Gasteiger partial charge in [-0.05, 0) is 158 Å². The molecule has 7 unspecified atom stereocenters. The van der Waals surface area contributed by atoms with Crippen molar-refractivity contribution in [1.82, 2.24) is 25.9 Å². The Morgan fingerprint density at radius 1 is 0.490 bits per heavy atom. The van der Waals surface area contributed by atoms with E-state index < -0.39 is 0 Å². The molecule has 9 aliphatic rings. The lowest BCUT2D eigenvalue weighted by Crippen LogP contribution is -2.56. The first-order chi connectivity index (χ1) is 24.3. The average molecular weight is 678 g/mol. The Labute approximate surface area is 300 Å². The van der Waals surface area contributed by atoms with Gasteiger partial charge in [0.05, 0.1) is 12.3 Å². The van der Waals surface area contributed by atoms with E-state index in [2.05, 4.69) is 25.9 Å². The Bertz CT molecular complexity index is 1010. The molecule has 6 saturated carbocycles. The van der Waals surface area contributed by atoms with Crippen LogP contribution >= 0.6 is 0 Å². The van der Waals surface area contributed by atoms with Crippen molar-refractivity contribution in [1.29, 1.82) is 0 Å². The lowest BCUT2D eigenvalue weighted by molar-refractivity contribution is -0.0315. The van der Waals surface area contributed by atoms with Crippen LogP contribution < -0.4 is 16.1 Å². The van der Waals surface area contributed by atoms with Gasteiger partial charge in [0.2, 0.25) is 0 Å². The Kier molecular flexibility index (Phi) is 11.3. The highest BCUT2D eigenvalue weighted by Crippen LogP contribution is 2.51. The van der Waals surface area contributed by atoms with Gasteiger partial charge in [0, 0.05) is 36.1 Å². The molecule has 0 radical (unpaired) electrons. The maximum Gasteiger partial charge on any atom is 0.133 e. The molecule has 0 amide bonds. The average Bonchev–Trinajstić information content (AvgIpc) is 3.80. The monoisotopic (exact) mass is 678 g/mol. The molecular formula is C43H75N5O. The van der Waals surface area contributed by atoms with Crippen molar-refractivity contribution >= 4 is 0 Å². The molecule has 3 N–H and O–H groups in total. The second kappa shape index (κ2) is 16.0. The molecule has 0 aromatic heterocycles. The van der Waals surface area contributed by atoms with E-state index in [9.17, 15) is 0 Å². The summed E-state index contributed by atoms with van der Waals surface area (Å²) in [5.41, 5.74) is 3.43. The summed E-state index contributed by atoms with van der Waals surface area (Å²) in [7, 11) is 0. The Morgan fingerprint density at radius 2 is 1.10 bits per heavy atom. The Morgan fingerprint density at radius 3 is 1.78 bits per heavy atom. The first kappa shape index (κ1) is 34.5. The number of fused-ring (bicyclic) bond motifs is 3. The molecule has 6 nitrogen and oxygen atoms in total. The smallest absolute Gasteiger partial charge is 0.133 e. The van der Waals surface area contributed by atoms with E-state index in [-0.39, 0.29) is 6.23 Å². The minimum Gasteiger partial charge on any atom is -0.301 e. The molecule has 3 saturated heterocycles. The number of hydroxylamine groups is 1. The number of nitrogens with zero attached hydrogens (tertiary/aromatic N) is 2. The third-order valence-corrected chi connectivity index (χ3v) is 16.8. The predicted octanol–water partition coefficient (Wildman–Crippen LogP) is 8.85. The van der Waals surface area contributed by atoms with Gasteiger partial charge in [-0.25, -0.2) is 0 Å². The van der Waals surface area contributed by atoms with Crippen LogP contribution in [-0.2, 0) is 4.84 Å². The van der Waals surface area contributed by atoms with E-state index in [1.165, 1.54) is 186 Å². The van der Waals surface area contributed by atoms with Crippen LogP contribution in [0.1, 0.15) is 180 Å². The van der Waals surface area contributed by atoms with E-state index in [0.29, 0.717) is 18.2 Å². The molecule has 0 aromatic rings. The predicted molar refractivity (Wildman–Crippen MR) is 200 cm³/mol. The maximum absolute atomic E-state index is 6.20. The number of likely N-dealkylation sites (tertiary alicyclic amines) is 1. The molecule has 0 bridgehead atoms. The molecule has 3 heterocycles. The minimum atomic E-state index is 0.246. The van der Waals surface area contributed by atoms with Crippen molar-refractivity contribution < 1.29 is 4.84 Å². The van der Waals surface area contributed by atoms with Crippen LogP contribution in [0.4, 0.5) is 0 Å². The molecule has 3 aliphatic heterocycles. The third kappa shape index (κ3) is 7.34. The van der Waals surface area contributed by atoms with Crippen LogP contribution in [0, 0.1) is 35.5 Å². The number of piperidine rings is 1. The summed E-state index contributed by atoms with van der Waals surface area (Å²) in [6.45, 7) is 1.26. The summed E-state index contributed by atoms with van der Waals surface area (Å²) in [6.07, 6.45) is 42.1. The lowest BCUT2D eigenvalue weighted by Gasteiger charge is -2.50. The van der Waals surface area contributed by atoms with Crippen LogP contribution in [0.25, 0.3) is 0 Å². The van der Waals surface area contributed by atoms with Crippen molar-refractivity contribution in [3.63, 3.8) is 0 Å². The molecule has 9 rings (SSSR count). The molecule has 9 fully saturated rings. The molecule has 0 spiro atoms. The van der Waals surface area contributed by atoms with Crippen molar-refractivity contribution in [2.45, 2.75) is 229 Å². The number of hydrogen-bond acceptors (Lipinski definition) is 6. The van der Waals surface area contributed by atoms with Gasteiger partial charge in [0.15, 0.2) is 0 Å². The van der Waals surface area contributed by atoms with Crippen LogP contribution in [0.3, 0.4) is 0 Å². The fourth-order valence-electron chi connectivity index (χ4n) is 14.4. The van der Waals surface area contributed by atoms with Gasteiger partial charge in [0.1, 0.15) is 6.23 Å². The van der Waals surface area contributed by atoms with Crippen molar-refractivity contribution in [3.8, 4) is 0 Å². The zero-order valence-corrected chi connectivity index (χ0v) is 31.4. The van der Waals surface area contributed by atoms with E-state index in [0.717, 1.165) is 59.8 Å². The molecule has 7 atom stereocenters. The van der Waals surface area contributed by atoms with Gasteiger partial charge in [0.25, 0.3) is 0 Å². The standard InChI is InChI=1S/C43H75N5O/c1-4-11-32(12-5-1)41-45-43(49-46-41)33-20-18-30(19-21-33)31-22-24-36(25-23-31)48-40-27-26-37(29-39(40)38-17-10-28-44-42(38)48)47(34-13-6-2-7-14-34)35-15-8-3-9-16-35/h30-46H,1-29H2. The summed E-state index contributed by atoms with van der Waals surface area (Å²) >= 11 is 0.